The minimum atomic E-state index is -0.768. The second-order valence-electron chi connectivity index (χ2n) is 11.0. The Hall–Kier alpha value is -1.84. The maximum Gasteiger partial charge on any atom is 0.243 e. The van der Waals surface area contributed by atoms with Crippen molar-refractivity contribution in [1.29, 1.82) is 0 Å². The molecule has 3 rings (SSSR count). The Morgan fingerprint density at radius 1 is 1.22 bits per heavy atom. The van der Waals surface area contributed by atoms with Gasteiger partial charge in [-0.05, 0) is 44.6 Å². The van der Waals surface area contributed by atoms with E-state index in [-0.39, 0.29) is 49.0 Å². The number of aliphatic hydroxyl groups excluding tert-OH is 1. The molecule has 0 radical (unpaired) electrons. The summed E-state index contributed by atoms with van der Waals surface area (Å²) in [5.41, 5.74) is 5.89. The molecule has 0 bridgehead atoms. The highest BCUT2D eigenvalue weighted by Crippen LogP contribution is 2.43. The molecule has 3 aliphatic heterocycles. The fourth-order valence-corrected chi connectivity index (χ4v) is 4.98. The maximum absolute atomic E-state index is 12.2. The number of hydrogen-bond acceptors (Lipinski definition) is 7. The molecule has 202 valence electrons. The molecule has 3 fully saturated rings. The molecule has 8 atom stereocenters. The van der Waals surface area contributed by atoms with E-state index >= 15 is 0 Å². The third kappa shape index (κ3) is 7.83. The number of amides is 1. The fourth-order valence-electron chi connectivity index (χ4n) is 4.98. The minimum Gasteiger partial charge on any atom is -0.387 e. The van der Waals surface area contributed by atoms with Gasteiger partial charge in [-0.15, -0.1) is 0 Å². The molecule has 8 nitrogen and oxygen atoms in total. The standard InChI is InChI=1S/C28H44N2O6/c1-17(2)6-11-26(32)30-23-12-19(4)24(35-20(23)5)9-7-18(3)8-10-25-27(33)28(16-34-28)14-22(36-25)13-21(31)15-29/h6-8,10-11,17,19-20,22-25,27,33H,9,12-16,29H2,1-5H3,(H,30,32)/b10-8+,11-6-,18-7+/t19-,20+,22+,23+,24-,25+,27+,28+/m0/s1. The number of ketones is 1. The van der Waals surface area contributed by atoms with Gasteiger partial charge in [0, 0.05) is 12.8 Å². The summed E-state index contributed by atoms with van der Waals surface area (Å²) >= 11 is 0. The molecule has 4 N–H and O–H groups in total. The van der Waals surface area contributed by atoms with Crippen LogP contribution >= 0.6 is 0 Å². The second-order valence-corrected chi connectivity index (χ2v) is 11.0. The molecule has 0 unspecified atom stereocenters. The Morgan fingerprint density at radius 3 is 2.58 bits per heavy atom. The van der Waals surface area contributed by atoms with Crippen LogP contribution in [0.15, 0.2) is 36.0 Å². The van der Waals surface area contributed by atoms with Gasteiger partial charge >= 0.3 is 0 Å². The van der Waals surface area contributed by atoms with Crippen molar-refractivity contribution < 1.29 is 28.9 Å². The van der Waals surface area contributed by atoms with Crippen molar-refractivity contribution in [3.63, 3.8) is 0 Å². The molecule has 0 aromatic rings. The molecule has 36 heavy (non-hydrogen) atoms. The maximum atomic E-state index is 12.2. The zero-order chi connectivity index (χ0) is 26.5. The number of rotatable bonds is 10. The summed E-state index contributed by atoms with van der Waals surface area (Å²) in [6, 6.07) is -0.00784. The molecule has 1 amide bonds. The van der Waals surface area contributed by atoms with Crippen molar-refractivity contribution in [2.75, 3.05) is 13.2 Å². The Morgan fingerprint density at radius 2 is 1.94 bits per heavy atom. The quantitative estimate of drug-likeness (QED) is 0.237. The molecule has 8 heteroatoms. The number of allylic oxidation sites excluding steroid dienone is 3. The normalized spacial score (nSPS) is 37.2. The Bertz CT molecular complexity index is 862. The Balaban J connectivity index is 1.52. The molecule has 3 saturated heterocycles. The van der Waals surface area contributed by atoms with Crippen LogP contribution in [-0.4, -0.2) is 72.1 Å². The zero-order valence-corrected chi connectivity index (χ0v) is 22.3. The lowest BCUT2D eigenvalue weighted by molar-refractivity contribution is -0.143. The van der Waals surface area contributed by atoms with E-state index in [9.17, 15) is 14.7 Å². The highest BCUT2D eigenvalue weighted by molar-refractivity contribution is 5.87. The van der Waals surface area contributed by atoms with Gasteiger partial charge in [0.15, 0.2) is 0 Å². The highest BCUT2D eigenvalue weighted by atomic mass is 16.6. The van der Waals surface area contributed by atoms with Gasteiger partial charge in [0.25, 0.3) is 0 Å². The van der Waals surface area contributed by atoms with Gasteiger partial charge in [-0.25, -0.2) is 0 Å². The number of aliphatic hydroxyl groups is 1. The summed E-state index contributed by atoms with van der Waals surface area (Å²) in [5, 5.41) is 13.8. The largest absolute Gasteiger partial charge is 0.387 e. The van der Waals surface area contributed by atoms with Crippen LogP contribution in [0, 0.1) is 11.8 Å². The third-order valence-corrected chi connectivity index (χ3v) is 7.37. The summed E-state index contributed by atoms with van der Waals surface area (Å²) in [6.07, 6.45) is 10.2. The second kappa shape index (κ2) is 12.6. The lowest BCUT2D eigenvalue weighted by Crippen LogP contribution is -2.50. The van der Waals surface area contributed by atoms with Crippen molar-refractivity contribution in [2.24, 2.45) is 17.6 Å². The number of hydrogen-bond donors (Lipinski definition) is 3. The van der Waals surface area contributed by atoms with Gasteiger partial charge in [0.2, 0.25) is 5.91 Å². The Labute approximate surface area is 215 Å². The van der Waals surface area contributed by atoms with Crippen LogP contribution in [0.25, 0.3) is 0 Å². The van der Waals surface area contributed by atoms with E-state index in [0.717, 1.165) is 18.4 Å². The molecule has 1 spiro atoms. The first-order valence-electron chi connectivity index (χ1n) is 13.2. The topological polar surface area (TPSA) is 123 Å². The summed E-state index contributed by atoms with van der Waals surface area (Å²) in [4.78, 5) is 24.0. The van der Waals surface area contributed by atoms with E-state index in [4.69, 9.17) is 19.9 Å². The van der Waals surface area contributed by atoms with E-state index in [2.05, 4.69) is 18.3 Å². The van der Waals surface area contributed by atoms with E-state index in [1.807, 2.05) is 45.9 Å². The van der Waals surface area contributed by atoms with Gasteiger partial charge in [0.05, 0.1) is 37.5 Å². The molecular formula is C28H44N2O6. The summed E-state index contributed by atoms with van der Waals surface area (Å²) < 4.78 is 17.8. The van der Waals surface area contributed by atoms with E-state index in [1.165, 1.54) is 0 Å². The average Bonchev–Trinajstić information content (AvgIpc) is 3.60. The minimum absolute atomic E-state index is 0.00784. The molecule has 3 aliphatic rings. The molecule has 0 saturated carbocycles. The third-order valence-electron chi connectivity index (χ3n) is 7.37. The zero-order valence-electron chi connectivity index (χ0n) is 22.3. The first-order chi connectivity index (χ1) is 17.0. The van der Waals surface area contributed by atoms with Crippen LogP contribution in [0.3, 0.4) is 0 Å². The van der Waals surface area contributed by atoms with Gasteiger partial charge in [-0.1, -0.05) is 50.6 Å². The number of carbonyl (C=O) groups excluding carboxylic acids is 2. The number of nitrogens with one attached hydrogen (secondary N) is 1. The predicted octanol–water partition coefficient (Wildman–Crippen LogP) is 2.59. The van der Waals surface area contributed by atoms with Crippen LogP contribution in [0.2, 0.25) is 0 Å². The number of carbonyl (C=O) groups is 2. The van der Waals surface area contributed by atoms with Gasteiger partial charge < -0.3 is 30.4 Å². The first kappa shape index (κ1) is 28.7. The van der Waals surface area contributed by atoms with Crippen LogP contribution < -0.4 is 11.1 Å². The molecule has 0 aliphatic carbocycles. The molecule has 3 heterocycles. The average molecular weight is 505 g/mol. The SMILES string of the molecule is CC(/C=C/[C@H]1O[C@H](CC(=O)CN)C[C@@]2(CO2)[C@@H]1O)=C\C[C@@H]1O[C@H](C)[C@H](NC(=O)/C=C\C(C)C)C[C@@H]1C. The monoisotopic (exact) mass is 504 g/mol. The van der Waals surface area contributed by atoms with Crippen LogP contribution in [-0.2, 0) is 23.8 Å². The lowest BCUT2D eigenvalue weighted by atomic mass is 9.87. The summed E-state index contributed by atoms with van der Waals surface area (Å²) in [6.45, 7) is 10.7. The van der Waals surface area contributed by atoms with Gasteiger partial charge in [-0.2, -0.15) is 0 Å². The van der Waals surface area contributed by atoms with E-state index < -0.39 is 17.8 Å². The molecular weight excluding hydrogens is 460 g/mol. The number of ether oxygens (including phenoxy) is 3. The van der Waals surface area contributed by atoms with E-state index in [0.29, 0.717) is 24.9 Å². The van der Waals surface area contributed by atoms with Crippen molar-refractivity contribution >= 4 is 11.7 Å². The van der Waals surface area contributed by atoms with Crippen molar-refractivity contribution in [1.82, 2.24) is 5.32 Å². The van der Waals surface area contributed by atoms with E-state index in [1.54, 1.807) is 6.08 Å². The lowest BCUT2D eigenvalue weighted by Gasteiger charge is -2.39. The van der Waals surface area contributed by atoms with Crippen LogP contribution in [0.4, 0.5) is 0 Å². The highest BCUT2D eigenvalue weighted by Gasteiger charge is 2.58. The van der Waals surface area contributed by atoms with Crippen molar-refractivity contribution in [2.45, 2.75) is 102 Å². The number of nitrogens with two attached hydrogens (primary N) is 1. The first-order valence-corrected chi connectivity index (χ1v) is 13.2. The number of epoxide rings is 1. The van der Waals surface area contributed by atoms with Gasteiger partial charge in [0.1, 0.15) is 23.6 Å². The molecule has 0 aromatic heterocycles. The van der Waals surface area contributed by atoms with Crippen molar-refractivity contribution in [3.8, 4) is 0 Å². The van der Waals surface area contributed by atoms with Crippen molar-refractivity contribution in [3.05, 3.63) is 36.0 Å². The number of Topliss-reactive ketones (excluding diaryl/α,β-unsaturated/α-hetero) is 1. The summed E-state index contributed by atoms with van der Waals surface area (Å²) in [7, 11) is 0. The smallest absolute Gasteiger partial charge is 0.243 e. The fraction of sp³-hybridized carbons (Fsp3) is 0.714. The summed E-state index contributed by atoms with van der Waals surface area (Å²) in [5.74, 6) is 0.498. The molecule has 0 aromatic carbocycles. The Kier molecular flexibility index (Phi) is 10.1. The van der Waals surface area contributed by atoms with Gasteiger partial charge in [-0.3, -0.25) is 9.59 Å². The van der Waals surface area contributed by atoms with Crippen LogP contribution in [0.5, 0.6) is 0 Å². The predicted molar refractivity (Wildman–Crippen MR) is 138 cm³/mol. The van der Waals surface area contributed by atoms with Crippen LogP contribution in [0.1, 0.15) is 60.3 Å².